The van der Waals surface area contributed by atoms with Crippen molar-refractivity contribution in [3.8, 4) is 0 Å². The summed E-state index contributed by atoms with van der Waals surface area (Å²) < 4.78 is 0. The third-order valence-corrected chi connectivity index (χ3v) is 7.34. The number of allylic oxidation sites excluding steroid dienone is 1. The minimum Gasteiger partial charge on any atom is -0.390 e. The molecule has 3 rings (SSSR count). The number of aliphatic hydroxyl groups is 1. The number of benzene rings is 2. The average molecular weight is 536 g/mol. The van der Waals surface area contributed by atoms with Gasteiger partial charge in [0, 0.05) is 6.54 Å². The summed E-state index contributed by atoms with van der Waals surface area (Å²) in [5.74, 6) is -1.02. The first-order chi connectivity index (χ1) is 18.8. The molecule has 0 fully saturated rings. The SMILES string of the molecule is CC(C)[C@@H]1NC(=O)C[C@H](O)[C@H](Cc2ccc3ccccc3c2)NC(=O)/C=C\CCCCCCCCCNC1=O. The van der Waals surface area contributed by atoms with Crippen LogP contribution in [0, 0.1) is 5.92 Å². The number of carbonyl (C=O) groups is 3. The molecule has 0 aliphatic carbocycles. The lowest BCUT2D eigenvalue weighted by Crippen LogP contribution is -2.52. The van der Waals surface area contributed by atoms with Crippen molar-refractivity contribution >= 4 is 28.5 Å². The van der Waals surface area contributed by atoms with Crippen molar-refractivity contribution in [2.24, 2.45) is 5.92 Å². The predicted molar refractivity (Wildman–Crippen MR) is 156 cm³/mol. The van der Waals surface area contributed by atoms with Crippen LogP contribution in [0.1, 0.15) is 77.2 Å². The molecule has 0 radical (unpaired) electrons. The number of carbonyl (C=O) groups excluding carboxylic acids is 3. The minimum atomic E-state index is -1.13. The Labute approximate surface area is 232 Å². The Morgan fingerprint density at radius 3 is 2.31 bits per heavy atom. The topological polar surface area (TPSA) is 108 Å². The van der Waals surface area contributed by atoms with Gasteiger partial charge in [0.25, 0.3) is 0 Å². The molecule has 1 aliphatic rings. The van der Waals surface area contributed by atoms with Gasteiger partial charge in [0.15, 0.2) is 0 Å². The van der Waals surface area contributed by atoms with E-state index in [1.54, 1.807) is 0 Å². The third kappa shape index (κ3) is 10.5. The number of amides is 3. The highest BCUT2D eigenvalue weighted by molar-refractivity contribution is 5.89. The zero-order chi connectivity index (χ0) is 28.0. The lowest BCUT2D eigenvalue weighted by Gasteiger charge is -2.26. The highest BCUT2D eigenvalue weighted by Gasteiger charge is 2.28. The number of fused-ring (bicyclic) bond motifs is 1. The van der Waals surface area contributed by atoms with E-state index in [0.717, 1.165) is 67.7 Å². The second-order valence-electron chi connectivity index (χ2n) is 11.0. The van der Waals surface area contributed by atoms with Crippen molar-refractivity contribution in [1.29, 1.82) is 0 Å². The van der Waals surface area contributed by atoms with Crippen LogP contribution < -0.4 is 16.0 Å². The van der Waals surface area contributed by atoms with Gasteiger partial charge >= 0.3 is 0 Å². The van der Waals surface area contributed by atoms with Crippen LogP contribution in [0.2, 0.25) is 0 Å². The number of hydrogen-bond donors (Lipinski definition) is 4. The summed E-state index contributed by atoms with van der Waals surface area (Å²) in [5, 5.41) is 22.0. The van der Waals surface area contributed by atoms with Crippen molar-refractivity contribution in [2.75, 3.05) is 6.54 Å². The van der Waals surface area contributed by atoms with E-state index in [0.29, 0.717) is 13.0 Å². The van der Waals surface area contributed by atoms with Gasteiger partial charge in [0.05, 0.1) is 18.6 Å². The summed E-state index contributed by atoms with van der Waals surface area (Å²) in [6.07, 6.45) is 10.8. The van der Waals surface area contributed by atoms with E-state index in [9.17, 15) is 19.5 Å². The van der Waals surface area contributed by atoms with Gasteiger partial charge in [0.2, 0.25) is 17.7 Å². The Kier molecular flexibility index (Phi) is 12.5. The second kappa shape index (κ2) is 16.0. The van der Waals surface area contributed by atoms with Gasteiger partial charge in [-0.05, 0) is 54.0 Å². The van der Waals surface area contributed by atoms with E-state index in [4.69, 9.17) is 0 Å². The standard InChI is InChI=1S/C32H45N3O4/c1-23(2)31-32(39)33-19-13-9-7-5-3-4-6-8-10-16-29(37)34-27(28(36)22-30(38)35-31)21-24-17-18-25-14-11-12-15-26(25)20-24/h10-12,14-18,20,23,27-28,31,36H,3-9,13,19,21-22H2,1-2H3,(H,33,39)(H,34,37)(H,35,38)/b16-10-/t27-,28-,31-/m0/s1. The molecule has 0 spiro atoms. The first kappa shape index (κ1) is 30.4. The summed E-state index contributed by atoms with van der Waals surface area (Å²) in [6.45, 7) is 4.36. The van der Waals surface area contributed by atoms with Crippen molar-refractivity contribution in [3.63, 3.8) is 0 Å². The Morgan fingerprint density at radius 2 is 1.56 bits per heavy atom. The van der Waals surface area contributed by atoms with E-state index >= 15 is 0 Å². The number of hydrogen-bond acceptors (Lipinski definition) is 4. The van der Waals surface area contributed by atoms with E-state index in [2.05, 4.69) is 16.0 Å². The Bertz CT molecular complexity index is 1110. The van der Waals surface area contributed by atoms with Crippen LogP contribution in [0.15, 0.2) is 54.6 Å². The zero-order valence-electron chi connectivity index (χ0n) is 23.5. The Balaban J connectivity index is 1.75. The van der Waals surface area contributed by atoms with Gasteiger partial charge in [-0.1, -0.05) is 94.5 Å². The van der Waals surface area contributed by atoms with Crippen LogP contribution in [0.5, 0.6) is 0 Å². The first-order valence-electron chi connectivity index (χ1n) is 14.5. The van der Waals surface area contributed by atoms with Gasteiger partial charge in [0.1, 0.15) is 6.04 Å². The molecule has 0 bridgehead atoms. The average Bonchev–Trinajstić information content (AvgIpc) is 2.91. The molecule has 39 heavy (non-hydrogen) atoms. The fraction of sp³-hybridized carbons (Fsp3) is 0.531. The van der Waals surface area contributed by atoms with Crippen LogP contribution in [0.25, 0.3) is 10.8 Å². The van der Waals surface area contributed by atoms with Crippen LogP contribution in [0.3, 0.4) is 0 Å². The van der Waals surface area contributed by atoms with Crippen LogP contribution in [-0.2, 0) is 20.8 Å². The number of rotatable bonds is 3. The lowest BCUT2D eigenvalue weighted by molar-refractivity contribution is -0.131. The third-order valence-electron chi connectivity index (χ3n) is 7.34. The summed E-state index contributed by atoms with van der Waals surface area (Å²) in [5.41, 5.74) is 0.951. The van der Waals surface area contributed by atoms with E-state index in [1.165, 1.54) is 6.08 Å². The Morgan fingerprint density at radius 1 is 0.872 bits per heavy atom. The van der Waals surface area contributed by atoms with Gasteiger partial charge in [-0.15, -0.1) is 0 Å². The molecule has 3 atom stereocenters. The Hall–Kier alpha value is -3.19. The van der Waals surface area contributed by atoms with Crippen LogP contribution >= 0.6 is 0 Å². The smallest absolute Gasteiger partial charge is 0.243 e. The normalized spacial score (nSPS) is 24.3. The van der Waals surface area contributed by atoms with Crippen molar-refractivity contribution in [1.82, 2.24) is 16.0 Å². The maximum atomic E-state index is 12.9. The molecule has 7 heteroatoms. The van der Waals surface area contributed by atoms with Gasteiger partial charge in [-0.2, -0.15) is 0 Å². The lowest BCUT2D eigenvalue weighted by atomic mass is 9.96. The second-order valence-corrected chi connectivity index (χ2v) is 11.0. The van der Waals surface area contributed by atoms with Crippen molar-refractivity contribution < 1.29 is 19.5 Å². The van der Waals surface area contributed by atoms with Gasteiger partial charge in [-0.25, -0.2) is 0 Å². The summed E-state index contributed by atoms with van der Waals surface area (Å²) in [7, 11) is 0. The highest BCUT2D eigenvalue weighted by atomic mass is 16.3. The fourth-order valence-corrected chi connectivity index (χ4v) is 5.02. The van der Waals surface area contributed by atoms with Crippen molar-refractivity contribution in [2.45, 2.75) is 96.2 Å². The van der Waals surface area contributed by atoms with Crippen LogP contribution in [0.4, 0.5) is 0 Å². The molecule has 212 valence electrons. The van der Waals surface area contributed by atoms with Gasteiger partial charge < -0.3 is 21.1 Å². The number of aliphatic hydroxyl groups excluding tert-OH is 1. The summed E-state index contributed by atoms with van der Waals surface area (Å²) >= 11 is 0. The van der Waals surface area contributed by atoms with Crippen molar-refractivity contribution in [3.05, 3.63) is 60.2 Å². The predicted octanol–water partition coefficient (Wildman–Crippen LogP) is 4.57. The summed E-state index contributed by atoms with van der Waals surface area (Å²) in [6, 6.07) is 12.7. The molecule has 3 amide bonds. The molecular weight excluding hydrogens is 490 g/mol. The molecule has 2 aromatic rings. The highest BCUT2D eigenvalue weighted by Crippen LogP contribution is 2.18. The maximum absolute atomic E-state index is 12.9. The van der Waals surface area contributed by atoms with E-state index in [1.807, 2.05) is 62.4 Å². The molecule has 7 nitrogen and oxygen atoms in total. The fourth-order valence-electron chi connectivity index (χ4n) is 5.02. The largest absolute Gasteiger partial charge is 0.390 e. The van der Waals surface area contributed by atoms with Crippen LogP contribution in [-0.4, -0.2) is 47.6 Å². The zero-order valence-corrected chi connectivity index (χ0v) is 23.5. The maximum Gasteiger partial charge on any atom is 0.243 e. The van der Waals surface area contributed by atoms with E-state index < -0.39 is 24.1 Å². The molecule has 0 unspecified atom stereocenters. The molecular formula is C32H45N3O4. The molecule has 1 heterocycles. The molecule has 0 saturated carbocycles. The van der Waals surface area contributed by atoms with Gasteiger partial charge in [-0.3, -0.25) is 14.4 Å². The molecule has 4 N–H and O–H groups in total. The molecule has 1 aliphatic heterocycles. The quantitative estimate of drug-likeness (QED) is 0.462. The molecule has 0 saturated heterocycles. The molecule has 0 aromatic heterocycles. The monoisotopic (exact) mass is 535 g/mol. The van der Waals surface area contributed by atoms with E-state index in [-0.39, 0.29) is 24.2 Å². The molecule has 2 aromatic carbocycles. The summed E-state index contributed by atoms with van der Waals surface area (Å²) in [4.78, 5) is 38.5. The number of nitrogens with one attached hydrogen (secondary N) is 3. The minimum absolute atomic E-state index is 0.106. The first-order valence-corrected chi connectivity index (χ1v) is 14.5.